The van der Waals surface area contributed by atoms with Crippen LogP contribution in [0.1, 0.15) is 42.5 Å². The lowest BCUT2D eigenvalue weighted by molar-refractivity contribution is -0.135. The predicted octanol–water partition coefficient (Wildman–Crippen LogP) is 2.37. The highest BCUT2D eigenvalue weighted by Gasteiger charge is 2.26. The van der Waals surface area contributed by atoms with E-state index in [-0.39, 0.29) is 18.6 Å². The Balaban J connectivity index is 1.29. The van der Waals surface area contributed by atoms with Gasteiger partial charge in [-0.25, -0.2) is 0 Å². The van der Waals surface area contributed by atoms with Crippen molar-refractivity contribution in [2.45, 2.75) is 45.3 Å². The lowest BCUT2D eigenvalue weighted by Gasteiger charge is -2.33. The Kier molecular flexibility index (Phi) is 5.59. The van der Waals surface area contributed by atoms with Crippen molar-refractivity contribution in [3.8, 4) is 0 Å². The summed E-state index contributed by atoms with van der Waals surface area (Å²) in [6, 6.07) is 6.38. The normalized spacial score (nSPS) is 20.2. The van der Waals surface area contributed by atoms with Crippen LogP contribution in [0.3, 0.4) is 0 Å². The molecule has 0 radical (unpaired) electrons. The van der Waals surface area contributed by atoms with Crippen molar-refractivity contribution >= 4 is 5.91 Å². The Morgan fingerprint density at radius 3 is 2.93 bits per heavy atom. The van der Waals surface area contributed by atoms with Gasteiger partial charge in [0, 0.05) is 39.0 Å². The minimum atomic E-state index is 0.116. The van der Waals surface area contributed by atoms with Crippen molar-refractivity contribution in [3.63, 3.8) is 0 Å². The Morgan fingerprint density at radius 1 is 1.30 bits per heavy atom. The summed E-state index contributed by atoms with van der Waals surface area (Å²) < 4.78 is 13.5. The quantitative estimate of drug-likeness (QED) is 0.698. The number of fused-ring (bicyclic) bond motifs is 1. The van der Waals surface area contributed by atoms with E-state index in [2.05, 4.69) is 20.7 Å². The van der Waals surface area contributed by atoms with E-state index in [1.807, 2.05) is 30.2 Å². The van der Waals surface area contributed by atoms with E-state index in [4.69, 9.17) is 9.15 Å². The summed E-state index contributed by atoms with van der Waals surface area (Å²) in [4.78, 5) is 16.4. The van der Waals surface area contributed by atoms with Gasteiger partial charge >= 0.3 is 0 Å². The van der Waals surface area contributed by atoms with Crippen LogP contribution in [0.2, 0.25) is 0 Å². The molecule has 0 N–H and O–H groups in total. The van der Waals surface area contributed by atoms with Crippen LogP contribution >= 0.6 is 0 Å². The Hall–Kier alpha value is -2.12. The van der Waals surface area contributed by atoms with Crippen LogP contribution in [0.5, 0.6) is 0 Å². The van der Waals surface area contributed by atoms with Crippen LogP contribution < -0.4 is 0 Å². The molecule has 0 aliphatic carbocycles. The van der Waals surface area contributed by atoms with Gasteiger partial charge in [-0.15, -0.1) is 0 Å². The molecule has 2 aliphatic heterocycles. The SMILES string of the molecule is Cc1ccc(CN2Cc3ccnn3[C@H](CCOCC(=O)N3CCCC3)C2)o1. The maximum atomic E-state index is 12.1. The number of hydrogen-bond acceptors (Lipinski definition) is 5. The Morgan fingerprint density at radius 2 is 2.15 bits per heavy atom. The lowest BCUT2D eigenvalue weighted by Crippen LogP contribution is -2.38. The van der Waals surface area contributed by atoms with Crippen LogP contribution in [-0.2, 0) is 22.6 Å². The number of nitrogens with zero attached hydrogens (tertiary/aromatic N) is 4. The fourth-order valence-corrected chi connectivity index (χ4v) is 4.03. The molecule has 1 fully saturated rings. The molecule has 27 heavy (non-hydrogen) atoms. The number of hydrogen-bond donors (Lipinski definition) is 0. The second kappa shape index (κ2) is 8.27. The number of carbonyl (C=O) groups excluding carboxylic acids is 1. The monoisotopic (exact) mass is 372 g/mol. The van der Waals surface area contributed by atoms with Crippen LogP contribution in [0, 0.1) is 6.92 Å². The summed E-state index contributed by atoms with van der Waals surface area (Å²) in [6.45, 7) is 7.04. The largest absolute Gasteiger partial charge is 0.465 e. The zero-order valence-corrected chi connectivity index (χ0v) is 16.0. The number of carbonyl (C=O) groups is 1. The van der Waals surface area contributed by atoms with Gasteiger partial charge in [0.25, 0.3) is 0 Å². The molecule has 146 valence electrons. The molecule has 1 saturated heterocycles. The van der Waals surface area contributed by atoms with Crippen molar-refractivity contribution in [3.05, 3.63) is 41.6 Å². The third-order valence-corrected chi connectivity index (χ3v) is 5.41. The summed E-state index contributed by atoms with van der Waals surface area (Å²) in [5, 5.41) is 4.50. The van der Waals surface area contributed by atoms with Crippen LogP contribution in [0.15, 0.2) is 28.8 Å². The first-order valence-electron chi connectivity index (χ1n) is 9.84. The number of likely N-dealkylation sites (tertiary alicyclic amines) is 1. The molecule has 2 aromatic rings. The fraction of sp³-hybridized carbons (Fsp3) is 0.600. The van der Waals surface area contributed by atoms with Crippen LogP contribution in [0.25, 0.3) is 0 Å². The summed E-state index contributed by atoms with van der Waals surface area (Å²) in [5.41, 5.74) is 1.21. The average molecular weight is 372 g/mol. The Labute approximate surface area is 159 Å². The maximum Gasteiger partial charge on any atom is 0.248 e. The first-order valence-corrected chi connectivity index (χ1v) is 9.84. The summed E-state index contributed by atoms with van der Waals surface area (Å²) in [6.07, 6.45) is 4.93. The topological polar surface area (TPSA) is 63.7 Å². The van der Waals surface area contributed by atoms with E-state index in [9.17, 15) is 4.79 Å². The molecule has 0 spiro atoms. The molecule has 0 bridgehead atoms. The molecule has 2 aliphatic rings. The van der Waals surface area contributed by atoms with E-state index in [1.165, 1.54) is 5.69 Å². The van der Waals surface area contributed by atoms with Crippen molar-refractivity contribution in [2.24, 2.45) is 0 Å². The third-order valence-electron chi connectivity index (χ3n) is 5.41. The van der Waals surface area contributed by atoms with Crippen molar-refractivity contribution in [1.29, 1.82) is 0 Å². The predicted molar refractivity (Wildman–Crippen MR) is 100 cm³/mol. The number of furan rings is 1. The second-order valence-electron chi connectivity index (χ2n) is 7.53. The highest BCUT2D eigenvalue weighted by Crippen LogP contribution is 2.24. The van der Waals surface area contributed by atoms with Gasteiger partial charge in [0.15, 0.2) is 0 Å². The molecule has 7 heteroatoms. The van der Waals surface area contributed by atoms with E-state index in [1.54, 1.807) is 0 Å². The van der Waals surface area contributed by atoms with E-state index in [0.29, 0.717) is 6.61 Å². The summed E-state index contributed by atoms with van der Waals surface area (Å²) in [5.74, 6) is 2.05. The number of aromatic nitrogens is 2. The molecule has 0 saturated carbocycles. The van der Waals surface area contributed by atoms with Gasteiger partial charge in [0.1, 0.15) is 18.1 Å². The molecule has 2 aromatic heterocycles. The standard InChI is InChI=1S/C20H28N4O3/c1-16-4-5-19(27-16)14-22-12-17-6-8-21-24(17)18(13-22)7-11-26-15-20(25)23-9-2-3-10-23/h4-6,8,18H,2-3,7,9-15H2,1H3/t18-/m1/s1. The third kappa shape index (κ3) is 4.42. The van der Waals surface area contributed by atoms with Gasteiger partial charge in [-0.3, -0.25) is 14.4 Å². The lowest BCUT2D eigenvalue weighted by atomic mass is 10.1. The van der Waals surface area contributed by atoms with Crippen LogP contribution in [-0.4, -0.2) is 58.3 Å². The molecule has 0 aromatic carbocycles. The number of ether oxygens (including phenoxy) is 1. The number of amides is 1. The van der Waals surface area contributed by atoms with Crippen molar-refractivity contribution in [1.82, 2.24) is 19.6 Å². The van der Waals surface area contributed by atoms with E-state index in [0.717, 1.165) is 63.5 Å². The van der Waals surface area contributed by atoms with Gasteiger partial charge in [-0.1, -0.05) is 0 Å². The summed E-state index contributed by atoms with van der Waals surface area (Å²) >= 11 is 0. The fourth-order valence-electron chi connectivity index (χ4n) is 4.03. The van der Waals surface area contributed by atoms with E-state index >= 15 is 0 Å². The number of aryl methyl sites for hydroxylation is 1. The van der Waals surface area contributed by atoms with Gasteiger partial charge in [-0.05, 0) is 44.4 Å². The van der Waals surface area contributed by atoms with Crippen molar-refractivity contribution in [2.75, 3.05) is 32.8 Å². The Bertz CT molecular complexity index is 763. The van der Waals surface area contributed by atoms with Crippen LogP contribution in [0.4, 0.5) is 0 Å². The molecule has 4 rings (SSSR count). The molecule has 1 amide bonds. The van der Waals surface area contributed by atoms with Crippen molar-refractivity contribution < 1.29 is 13.9 Å². The zero-order valence-electron chi connectivity index (χ0n) is 16.0. The van der Waals surface area contributed by atoms with E-state index < -0.39 is 0 Å². The molecule has 0 unspecified atom stereocenters. The summed E-state index contributed by atoms with van der Waals surface area (Å²) in [7, 11) is 0. The first-order chi connectivity index (χ1) is 13.2. The highest BCUT2D eigenvalue weighted by molar-refractivity contribution is 5.77. The average Bonchev–Trinajstić information content (AvgIpc) is 3.40. The van der Waals surface area contributed by atoms with Gasteiger partial charge < -0.3 is 14.1 Å². The maximum absolute atomic E-state index is 12.1. The second-order valence-corrected chi connectivity index (χ2v) is 7.53. The molecular weight excluding hydrogens is 344 g/mol. The smallest absolute Gasteiger partial charge is 0.248 e. The first kappa shape index (κ1) is 18.3. The zero-order chi connectivity index (χ0) is 18.6. The van der Waals surface area contributed by atoms with Gasteiger partial charge in [0.2, 0.25) is 5.91 Å². The van der Waals surface area contributed by atoms with Gasteiger partial charge in [-0.2, -0.15) is 5.10 Å². The highest BCUT2D eigenvalue weighted by atomic mass is 16.5. The molecule has 1 atom stereocenters. The molecular formula is C20H28N4O3. The molecule has 7 nitrogen and oxygen atoms in total. The van der Waals surface area contributed by atoms with Gasteiger partial charge in [0.05, 0.1) is 18.3 Å². The molecule has 4 heterocycles. The minimum Gasteiger partial charge on any atom is -0.465 e. The number of rotatable bonds is 7. The minimum absolute atomic E-state index is 0.116.